The van der Waals surface area contributed by atoms with E-state index >= 15 is 0 Å². The molecule has 0 radical (unpaired) electrons. The van der Waals surface area contributed by atoms with Crippen molar-refractivity contribution in [2.45, 2.75) is 31.2 Å². The van der Waals surface area contributed by atoms with Gasteiger partial charge < -0.3 is 10.1 Å². The summed E-state index contributed by atoms with van der Waals surface area (Å²) in [5.74, 6) is -8.48. The van der Waals surface area contributed by atoms with Crippen molar-refractivity contribution in [1.29, 1.82) is 0 Å². The van der Waals surface area contributed by atoms with E-state index in [1.165, 1.54) is 30.7 Å². The van der Waals surface area contributed by atoms with E-state index in [4.69, 9.17) is 4.74 Å². The number of carbonyl (C=O) groups excluding carboxylic acids is 1. The van der Waals surface area contributed by atoms with Crippen molar-refractivity contribution in [3.05, 3.63) is 78.0 Å². The lowest BCUT2D eigenvalue weighted by Crippen LogP contribution is -2.52. The number of rotatable bonds is 6. The Labute approximate surface area is 197 Å². The molecule has 2 atom stereocenters. The van der Waals surface area contributed by atoms with E-state index in [0.717, 1.165) is 0 Å². The number of aromatic nitrogens is 2. The topological polar surface area (TPSA) is 67.3 Å². The van der Waals surface area contributed by atoms with Crippen LogP contribution in [0.15, 0.2) is 55.0 Å². The highest BCUT2D eigenvalue weighted by Crippen LogP contribution is 2.40. The fourth-order valence-corrected chi connectivity index (χ4v) is 3.84. The number of alkyl halides is 2. The van der Waals surface area contributed by atoms with E-state index in [1.807, 2.05) is 0 Å². The van der Waals surface area contributed by atoms with Gasteiger partial charge in [0.05, 0.1) is 18.2 Å². The minimum absolute atomic E-state index is 0.00833. The van der Waals surface area contributed by atoms with Gasteiger partial charge in [-0.3, -0.25) is 14.7 Å². The first-order valence-corrected chi connectivity index (χ1v) is 10.7. The molecule has 3 aromatic rings. The van der Waals surface area contributed by atoms with Gasteiger partial charge in [0.25, 0.3) is 5.92 Å². The van der Waals surface area contributed by atoms with Gasteiger partial charge in [0, 0.05) is 44.0 Å². The normalized spacial score (nSPS) is 18.6. The number of piperidine rings is 1. The molecule has 0 bridgehead atoms. The molecule has 3 heterocycles. The Morgan fingerprint density at radius 2 is 1.83 bits per heavy atom. The summed E-state index contributed by atoms with van der Waals surface area (Å²) in [5.41, 5.74) is 0.456. The van der Waals surface area contributed by atoms with Gasteiger partial charge >= 0.3 is 0 Å². The molecule has 6 nitrogen and oxygen atoms in total. The highest BCUT2D eigenvalue weighted by molar-refractivity contribution is 5.93. The highest BCUT2D eigenvalue weighted by Gasteiger charge is 2.46. The number of pyridine rings is 2. The second-order valence-corrected chi connectivity index (χ2v) is 8.18. The van der Waals surface area contributed by atoms with Crippen molar-refractivity contribution in [1.82, 2.24) is 14.9 Å². The summed E-state index contributed by atoms with van der Waals surface area (Å²) in [7, 11) is 0. The number of likely N-dealkylation sites (tertiary alicyclic amines) is 1. The lowest BCUT2D eigenvalue weighted by atomic mass is 9.87. The molecule has 1 aliphatic heterocycles. The lowest BCUT2D eigenvalue weighted by Gasteiger charge is -2.40. The van der Waals surface area contributed by atoms with Gasteiger partial charge in [-0.1, -0.05) is 0 Å². The smallest absolute Gasteiger partial charge is 0.257 e. The van der Waals surface area contributed by atoms with Crippen LogP contribution in [0.3, 0.4) is 0 Å². The summed E-state index contributed by atoms with van der Waals surface area (Å²) in [5, 5.41) is 2.60. The quantitative estimate of drug-likeness (QED) is 0.382. The maximum atomic E-state index is 14.6. The Balaban J connectivity index is 1.39. The van der Waals surface area contributed by atoms with Crippen LogP contribution in [0.25, 0.3) is 0 Å². The Bertz CT molecular complexity index is 1190. The van der Waals surface area contributed by atoms with E-state index < -0.39 is 47.0 Å². The first kappa shape index (κ1) is 24.5. The van der Waals surface area contributed by atoms with Crippen LogP contribution in [-0.4, -0.2) is 45.8 Å². The van der Waals surface area contributed by atoms with E-state index in [2.05, 4.69) is 15.3 Å². The molecule has 1 fully saturated rings. The molecule has 11 heteroatoms. The van der Waals surface area contributed by atoms with Gasteiger partial charge in [0.2, 0.25) is 5.91 Å². The van der Waals surface area contributed by atoms with Gasteiger partial charge in [0.15, 0.2) is 23.2 Å². The summed E-state index contributed by atoms with van der Waals surface area (Å²) in [6, 6.07) is 6.05. The van der Waals surface area contributed by atoms with Gasteiger partial charge in [-0.05, 0) is 36.8 Å². The molecule has 4 rings (SSSR count). The number of nitrogens with one attached hydrogen (secondary N) is 1. The molecule has 1 unspecified atom stereocenters. The fourth-order valence-electron chi connectivity index (χ4n) is 3.84. The van der Waals surface area contributed by atoms with Crippen LogP contribution in [0.1, 0.15) is 24.8 Å². The maximum absolute atomic E-state index is 14.6. The zero-order valence-corrected chi connectivity index (χ0v) is 18.5. The third-order valence-corrected chi connectivity index (χ3v) is 5.89. The molecule has 1 N–H and O–H groups in total. The molecule has 184 valence electrons. The van der Waals surface area contributed by atoms with Crippen molar-refractivity contribution >= 4 is 11.7 Å². The molecule has 1 amide bonds. The summed E-state index contributed by atoms with van der Waals surface area (Å²) in [6.45, 7) is 1.65. The number of anilines is 1. The number of hydrogen-bond donors (Lipinski definition) is 1. The zero-order valence-electron chi connectivity index (χ0n) is 18.5. The standard InChI is InChI=1S/C24H21F5N4O2/c1-14(33-9-6-24(28,29)17(13-33)15-4-7-30-8-5-15)23(34)32-22-3-2-16(12-31-22)35-21-11-19(26)18(25)10-20(21)27/h2-5,7-8,10-12,14,17H,6,9,13H2,1H3,(H,31,32,34)/t14?,17-/m1/s1. The SMILES string of the molecule is CC(C(=O)Nc1ccc(Oc2cc(F)c(F)cc2F)cn1)N1CCC(F)(F)[C@@H](c2ccncc2)C1. The van der Waals surface area contributed by atoms with E-state index in [9.17, 15) is 26.7 Å². The van der Waals surface area contributed by atoms with Gasteiger partial charge in [0.1, 0.15) is 11.6 Å². The Morgan fingerprint density at radius 3 is 2.51 bits per heavy atom. The monoisotopic (exact) mass is 492 g/mol. The number of hydrogen-bond acceptors (Lipinski definition) is 5. The number of halogens is 5. The molecule has 0 aliphatic carbocycles. The van der Waals surface area contributed by atoms with E-state index in [-0.39, 0.29) is 31.1 Å². The number of amides is 1. The molecular weight excluding hydrogens is 471 g/mol. The Morgan fingerprint density at radius 1 is 1.11 bits per heavy atom. The minimum Gasteiger partial charge on any atom is -0.453 e. The highest BCUT2D eigenvalue weighted by atomic mass is 19.3. The zero-order chi connectivity index (χ0) is 25.2. The maximum Gasteiger partial charge on any atom is 0.257 e. The van der Waals surface area contributed by atoms with Crippen LogP contribution >= 0.6 is 0 Å². The van der Waals surface area contributed by atoms with Crippen molar-refractivity contribution in [3.8, 4) is 11.5 Å². The van der Waals surface area contributed by atoms with Crippen molar-refractivity contribution in [3.63, 3.8) is 0 Å². The third-order valence-electron chi connectivity index (χ3n) is 5.89. The largest absolute Gasteiger partial charge is 0.453 e. The van der Waals surface area contributed by atoms with Crippen LogP contribution in [0.2, 0.25) is 0 Å². The van der Waals surface area contributed by atoms with E-state index in [0.29, 0.717) is 17.7 Å². The molecule has 1 aromatic carbocycles. The van der Waals surface area contributed by atoms with Crippen LogP contribution < -0.4 is 10.1 Å². The molecule has 1 saturated heterocycles. The van der Waals surface area contributed by atoms with Gasteiger partial charge in [-0.15, -0.1) is 0 Å². The Hall–Kier alpha value is -3.60. The summed E-state index contributed by atoms with van der Waals surface area (Å²) >= 11 is 0. The van der Waals surface area contributed by atoms with E-state index in [1.54, 1.807) is 24.0 Å². The predicted molar refractivity (Wildman–Crippen MR) is 117 cm³/mol. The average Bonchev–Trinajstić information content (AvgIpc) is 2.83. The lowest BCUT2D eigenvalue weighted by molar-refractivity contribution is -0.125. The van der Waals surface area contributed by atoms with Crippen molar-refractivity contribution in [2.24, 2.45) is 0 Å². The van der Waals surface area contributed by atoms with Gasteiger partial charge in [-0.25, -0.2) is 26.9 Å². The molecule has 0 saturated carbocycles. The number of nitrogens with zero attached hydrogens (tertiary/aromatic N) is 3. The fraction of sp³-hybridized carbons (Fsp3) is 0.292. The van der Waals surface area contributed by atoms with Crippen molar-refractivity contribution < 1.29 is 31.5 Å². The number of carbonyl (C=O) groups is 1. The second-order valence-electron chi connectivity index (χ2n) is 8.18. The molecule has 0 spiro atoms. The number of benzene rings is 1. The van der Waals surface area contributed by atoms with Crippen LogP contribution in [-0.2, 0) is 4.79 Å². The second kappa shape index (κ2) is 9.95. The van der Waals surface area contributed by atoms with Crippen LogP contribution in [0.5, 0.6) is 11.5 Å². The van der Waals surface area contributed by atoms with Crippen LogP contribution in [0, 0.1) is 17.5 Å². The molecular formula is C24H21F5N4O2. The molecule has 2 aromatic heterocycles. The van der Waals surface area contributed by atoms with Gasteiger partial charge in [-0.2, -0.15) is 0 Å². The van der Waals surface area contributed by atoms with Crippen LogP contribution in [0.4, 0.5) is 27.8 Å². The summed E-state index contributed by atoms with van der Waals surface area (Å²) < 4.78 is 74.4. The first-order chi connectivity index (χ1) is 16.6. The average molecular weight is 492 g/mol. The first-order valence-electron chi connectivity index (χ1n) is 10.7. The third kappa shape index (κ3) is 5.56. The predicted octanol–water partition coefficient (Wildman–Crippen LogP) is 5.14. The molecule has 1 aliphatic rings. The summed E-state index contributed by atoms with van der Waals surface area (Å²) in [4.78, 5) is 22.3. The minimum atomic E-state index is -2.90. The van der Waals surface area contributed by atoms with Crippen molar-refractivity contribution in [2.75, 3.05) is 18.4 Å². The Kier molecular flexibility index (Phi) is 6.97. The number of ether oxygens (including phenoxy) is 1. The molecule has 35 heavy (non-hydrogen) atoms. The summed E-state index contributed by atoms with van der Waals surface area (Å²) in [6.07, 6.45) is 3.70.